The number of aliphatic hydroxyl groups is 1. The van der Waals surface area contributed by atoms with Crippen LogP contribution in [0.25, 0.3) is 0 Å². The summed E-state index contributed by atoms with van der Waals surface area (Å²) in [7, 11) is -3.28. The Morgan fingerprint density at radius 2 is 1.87 bits per heavy atom. The van der Waals surface area contributed by atoms with Gasteiger partial charge in [-0.05, 0) is 46.5 Å². The van der Waals surface area contributed by atoms with Crippen molar-refractivity contribution in [2.45, 2.75) is 77.1 Å². The lowest BCUT2D eigenvalue weighted by Gasteiger charge is -2.22. The molecule has 0 rings (SSSR count). The smallest absolute Gasteiger partial charge is 0.213 e. The van der Waals surface area contributed by atoms with E-state index in [0.29, 0.717) is 19.3 Å². The quantitative estimate of drug-likeness (QED) is 0.371. The Balaban J connectivity index is 4.15. The molecule has 8 heteroatoms. The second-order valence-electron chi connectivity index (χ2n) is 5.82. The van der Waals surface area contributed by atoms with Crippen molar-refractivity contribution in [3.63, 3.8) is 0 Å². The van der Waals surface area contributed by atoms with Gasteiger partial charge in [0, 0.05) is 6.54 Å². The third kappa shape index (κ3) is 9.34. The van der Waals surface area contributed by atoms with Gasteiger partial charge in [0.1, 0.15) is 18.2 Å². The van der Waals surface area contributed by atoms with Crippen LogP contribution < -0.4 is 10.0 Å². The Morgan fingerprint density at radius 3 is 2.35 bits per heavy atom. The van der Waals surface area contributed by atoms with Crippen LogP contribution in [0.2, 0.25) is 0 Å². The Bertz CT molecular complexity index is 454. The molecular weight excluding hydrogens is 326 g/mol. The van der Waals surface area contributed by atoms with Crippen LogP contribution >= 0.6 is 0 Å². The molecule has 0 aliphatic rings. The molecule has 3 N–H and O–H groups in total. The van der Waals surface area contributed by atoms with Gasteiger partial charge in [-0.3, -0.25) is 5.32 Å². The van der Waals surface area contributed by atoms with Gasteiger partial charge in [-0.25, -0.2) is 21.9 Å². The molecule has 0 saturated heterocycles. The molecule has 0 radical (unpaired) electrons. The molecule has 0 bridgehead atoms. The Hall–Kier alpha value is -0.570. The summed E-state index contributed by atoms with van der Waals surface area (Å²) in [6, 6.07) is -1.16. The Kier molecular flexibility index (Phi) is 10.8. The van der Waals surface area contributed by atoms with Crippen molar-refractivity contribution in [1.29, 1.82) is 0 Å². The van der Waals surface area contributed by atoms with Crippen LogP contribution in [0.15, 0.2) is 11.9 Å². The summed E-state index contributed by atoms with van der Waals surface area (Å²) >= 11 is 0. The van der Waals surface area contributed by atoms with Crippen molar-refractivity contribution in [2.75, 3.05) is 6.54 Å². The van der Waals surface area contributed by atoms with Gasteiger partial charge in [-0.1, -0.05) is 13.0 Å². The molecule has 0 spiro atoms. The molecule has 3 atom stereocenters. The normalized spacial score (nSPS) is 17.3. The SMILES string of the molecule is CC/C=C(/F)C(NC(O)CCCCNS(=O)(=O)C(C)C)C(C)F. The van der Waals surface area contributed by atoms with E-state index >= 15 is 0 Å². The maximum absolute atomic E-state index is 13.7. The highest BCUT2D eigenvalue weighted by Crippen LogP contribution is 2.14. The van der Waals surface area contributed by atoms with E-state index in [4.69, 9.17) is 0 Å². The maximum atomic E-state index is 13.7. The zero-order valence-electron chi connectivity index (χ0n) is 14.4. The summed E-state index contributed by atoms with van der Waals surface area (Å²) in [4.78, 5) is 0. The molecule has 0 aliphatic carbocycles. The van der Waals surface area contributed by atoms with E-state index in [2.05, 4.69) is 10.0 Å². The predicted molar refractivity (Wildman–Crippen MR) is 88.9 cm³/mol. The second-order valence-corrected chi connectivity index (χ2v) is 8.14. The molecule has 3 unspecified atom stereocenters. The minimum absolute atomic E-state index is 0.278. The topological polar surface area (TPSA) is 78.4 Å². The van der Waals surface area contributed by atoms with Gasteiger partial charge in [0.2, 0.25) is 10.0 Å². The van der Waals surface area contributed by atoms with Crippen molar-refractivity contribution >= 4 is 10.0 Å². The van der Waals surface area contributed by atoms with Crippen molar-refractivity contribution < 1.29 is 22.3 Å². The summed E-state index contributed by atoms with van der Waals surface area (Å²) in [5, 5.41) is 11.9. The molecule has 0 fully saturated rings. The fourth-order valence-electron chi connectivity index (χ4n) is 1.89. The van der Waals surface area contributed by atoms with E-state index < -0.39 is 39.5 Å². The van der Waals surface area contributed by atoms with Crippen LogP contribution in [0.3, 0.4) is 0 Å². The van der Waals surface area contributed by atoms with Gasteiger partial charge in [-0.2, -0.15) is 0 Å². The number of allylic oxidation sites excluding steroid dienone is 1. The minimum Gasteiger partial charge on any atom is -0.379 e. The number of aliphatic hydroxyl groups excluding tert-OH is 1. The standard InChI is InChI=1S/C15H30F2N2O3S/c1-5-8-13(17)15(12(4)16)19-14(20)9-6-7-10-18-23(21,22)11(2)3/h8,11-12,14-15,18-20H,5-7,9-10H2,1-4H3/b13-8+. The van der Waals surface area contributed by atoms with Gasteiger partial charge in [0.05, 0.1) is 11.3 Å². The number of unbranched alkanes of at least 4 members (excludes halogenated alkanes) is 1. The summed E-state index contributed by atoms with van der Waals surface area (Å²) in [6.45, 7) is 6.43. The summed E-state index contributed by atoms with van der Waals surface area (Å²) in [5.74, 6) is -0.619. The fraction of sp³-hybridized carbons (Fsp3) is 0.867. The first-order valence-corrected chi connectivity index (χ1v) is 9.58. The molecule has 0 aromatic heterocycles. The molecule has 0 heterocycles. The van der Waals surface area contributed by atoms with Gasteiger partial charge in [0.25, 0.3) is 0 Å². The van der Waals surface area contributed by atoms with Crippen LogP contribution in [0.5, 0.6) is 0 Å². The molecule has 0 aromatic rings. The number of alkyl halides is 1. The van der Waals surface area contributed by atoms with Crippen LogP contribution in [-0.4, -0.2) is 43.8 Å². The van der Waals surface area contributed by atoms with E-state index in [1.807, 2.05) is 0 Å². The van der Waals surface area contributed by atoms with Crippen molar-refractivity contribution in [1.82, 2.24) is 10.0 Å². The predicted octanol–water partition coefficient (Wildman–Crippen LogP) is 2.38. The Morgan fingerprint density at radius 1 is 1.26 bits per heavy atom. The molecule has 0 aliphatic heterocycles. The van der Waals surface area contributed by atoms with Crippen LogP contribution in [-0.2, 0) is 10.0 Å². The van der Waals surface area contributed by atoms with E-state index in [0.717, 1.165) is 0 Å². The van der Waals surface area contributed by atoms with E-state index in [1.165, 1.54) is 13.0 Å². The first kappa shape index (κ1) is 22.4. The number of halogens is 2. The van der Waals surface area contributed by atoms with Gasteiger partial charge < -0.3 is 5.11 Å². The first-order chi connectivity index (χ1) is 10.6. The number of sulfonamides is 1. The molecule has 0 aromatic carbocycles. The lowest BCUT2D eigenvalue weighted by molar-refractivity contribution is 0.0945. The number of rotatable bonds is 12. The molecule has 0 saturated carbocycles. The van der Waals surface area contributed by atoms with E-state index in [1.54, 1.807) is 20.8 Å². The van der Waals surface area contributed by atoms with Crippen LogP contribution in [0, 0.1) is 0 Å². The van der Waals surface area contributed by atoms with Gasteiger partial charge in [-0.15, -0.1) is 0 Å². The number of hydrogen-bond donors (Lipinski definition) is 3. The average molecular weight is 356 g/mol. The largest absolute Gasteiger partial charge is 0.379 e. The molecule has 0 amide bonds. The van der Waals surface area contributed by atoms with Crippen molar-refractivity contribution in [3.8, 4) is 0 Å². The van der Waals surface area contributed by atoms with E-state index in [9.17, 15) is 22.3 Å². The lowest BCUT2D eigenvalue weighted by atomic mass is 10.1. The maximum Gasteiger partial charge on any atom is 0.213 e. The van der Waals surface area contributed by atoms with Crippen LogP contribution in [0.1, 0.15) is 53.4 Å². The summed E-state index contributed by atoms with van der Waals surface area (Å²) in [5.41, 5.74) is 0. The number of hydrogen-bond acceptors (Lipinski definition) is 4. The lowest BCUT2D eigenvalue weighted by Crippen LogP contribution is -2.43. The minimum atomic E-state index is -3.28. The summed E-state index contributed by atoms with van der Waals surface area (Å²) in [6.07, 6.45) is 0.562. The third-order valence-corrected chi connectivity index (χ3v) is 5.20. The summed E-state index contributed by atoms with van der Waals surface area (Å²) < 4.78 is 52.6. The molecule has 138 valence electrons. The third-order valence-electron chi connectivity index (χ3n) is 3.36. The highest BCUT2D eigenvalue weighted by Gasteiger charge is 2.23. The monoisotopic (exact) mass is 356 g/mol. The van der Waals surface area contributed by atoms with Gasteiger partial charge in [0.15, 0.2) is 0 Å². The highest BCUT2D eigenvalue weighted by atomic mass is 32.2. The highest BCUT2D eigenvalue weighted by molar-refractivity contribution is 7.90. The average Bonchev–Trinajstić information content (AvgIpc) is 2.43. The molecule has 23 heavy (non-hydrogen) atoms. The first-order valence-electron chi connectivity index (χ1n) is 8.04. The van der Waals surface area contributed by atoms with Crippen molar-refractivity contribution in [3.05, 3.63) is 11.9 Å². The Labute approximate surface area is 138 Å². The van der Waals surface area contributed by atoms with Crippen molar-refractivity contribution in [2.24, 2.45) is 0 Å². The zero-order chi connectivity index (χ0) is 18.0. The van der Waals surface area contributed by atoms with Gasteiger partial charge >= 0.3 is 0 Å². The number of nitrogens with one attached hydrogen (secondary N) is 2. The molecular formula is C15H30F2N2O3S. The molecule has 5 nitrogen and oxygen atoms in total. The second kappa shape index (κ2) is 11.1. The fourth-order valence-corrected chi connectivity index (χ4v) is 2.65. The van der Waals surface area contributed by atoms with E-state index in [-0.39, 0.29) is 13.0 Å². The van der Waals surface area contributed by atoms with Crippen LogP contribution in [0.4, 0.5) is 8.78 Å². The zero-order valence-corrected chi connectivity index (χ0v) is 15.2.